The normalized spacial score (nSPS) is 17.5. The van der Waals surface area contributed by atoms with E-state index in [-0.39, 0.29) is 36.3 Å². The number of nitrogens with one attached hydrogen (secondary N) is 3. The molecule has 2 aromatic heterocycles. The summed E-state index contributed by atoms with van der Waals surface area (Å²) in [7, 11) is 1.33. The minimum Gasteiger partial charge on any atom is -0.469 e. The van der Waals surface area contributed by atoms with E-state index in [4.69, 9.17) is 21.3 Å². The zero-order chi connectivity index (χ0) is 39.0. The number of aromatic nitrogens is 3. The summed E-state index contributed by atoms with van der Waals surface area (Å²) in [5.74, 6) is -1.82. The Morgan fingerprint density at radius 3 is 2.49 bits per heavy atom. The molecule has 3 aliphatic rings. The number of imide groups is 2. The van der Waals surface area contributed by atoms with E-state index in [1.54, 1.807) is 30.3 Å². The summed E-state index contributed by atoms with van der Waals surface area (Å²) in [5.41, 5.74) is 3.76. The number of anilines is 1. The predicted molar refractivity (Wildman–Crippen MR) is 203 cm³/mol. The highest BCUT2D eigenvalue weighted by atomic mass is 35.5. The molecule has 0 aliphatic carbocycles. The molecule has 1 saturated heterocycles. The second-order valence-corrected chi connectivity index (χ2v) is 14.8. The number of carbonyl (C=O) groups excluding carboxylic acids is 6. The van der Waals surface area contributed by atoms with Gasteiger partial charge in [-0.25, -0.2) is 0 Å². The number of methoxy groups -OCH3 is 1. The molecule has 17 heteroatoms. The van der Waals surface area contributed by atoms with E-state index in [1.807, 2.05) is 30.5 Å². The molecule has 1 fully saturated rings. The lowest BCUT2D eigenvalue weighted by Gasteiger charge is -2.27. The summed E-state index contributed by atoms with van der Waals surface area (Å²) in [5, 5.41) is 18.5. The summed E-state index contributed by atoms with van der Waals surface area (Å²) in [4.78, 5) is 83.2. The number of amides is 5. The molecule has 0 spiro atoms. The van der Waals surface area contributed by atoms with Gasteiger partial charge in [0.2, 0.25) is 11.8 Å². The van der Waals surface area contributed by atoms with Crippen molar-refractivity contribution in [2.45, 2.75) is 64.5 Å². The first-order valence-electron chi connectivity index (χ1n) is 17.8. The van der Waals surface area contributed by atoms with E-state index in [9.17, 15) is 28.8 Å². The quantitative estimate of drug-likeness (QED) is 0.105. The number of hydrogen-bond donors (Lipinski definition) is 3. The van der Waals surface area contributed by atoms with E-state index >= 15 is 0 Å². The van der Waals surface area contributed by atoms with Gasteiger partial charge in [0.15, 0.2) is 5.82 Å². The Kier molecular flexibility index (Phi) is 10.6. The maximum atomic E-state index is 13.7. The monoisotopic (exact) mass is 784 g/mol. The number of piperidine rings is 1. The molecule has 0 radical (unpaired) electrons. The third-order valence-corrected chi connectivity index (χ3v) is 11.4. The van der Waals surface area contributed by atoms with Crippen LogP contribution in [0.1, 0.15) is 103 Å². The number of esters is 1. The van der Waals surface area contributed by atoms with Crippen molar-refractivity contribution in [3.8, 4) is 5.00 Å². The van der Waals surface area contributed by atoms with Gasteiger partial charge in [-0.1, -0.05) is 29.8 Å². The number of unbranched alkanes of at least 4 members (excludes halogenated alkanes) is 2. The maximum absolute atomic E-state index is 13.7. The van der Waals surface area contributed by atoms with Crippen molar-refractivity contribution >= 4 is 69.8 Å². The van der Waals surface area contributed by atoms with Crippen molar-refractivity contribution in [2.75, 3.05) is 25.5 Å². The van der Waals surface area contributed by atoms with Crippen LogP contribution in [0.3, 0.4) is 0 Å². The molecule has 7 rings (SSSR count). The number of nitrogens with zero attached hydrogens (tertiary/aromatic N) is 5. The highest BCUT2D eigenvalue weighted by Gasteiger charge is 2.45. The SMILES string of the molecule is COC(=O)C[C@@H]1N=C(c2ccc(Cl)cc2)c2c(sc(C(=O)NCCCCCNc3cccc4c3C(=O)N(C3CCC(=O)NC3=O)C4=O)c2C)-n2c(C)nnc21. The molecule has 0 saturated carbocycles. The smallest absolute Gasteiger partial charge is 0.308 e. The fourth-order valence-electron chi connectivity index (χ4n) is 7.07. The molecule has 5 heterocycles. The van der Waals surface area contributed by atoms with Crippen LogP contribution >= 0.6 is 22.9 Å². The number of aliphatic imine (C=N–C) groups is 1. The lowest BCUT2D eigenvalue weighted by Crippen LogP contribution is -2.54. The van der Waals surface area contributed by atoms with Crippen LogP contribution in [0, 0.1) is 13.8 Å². The van der Waals surface area contributed by atoms with E-state index in [2.05, 4.69) is 26.1 Å². The lowest BCUT2D eigenvalue weighted by molar-refractivity contribution is -0.141. The van der Waals surface area contributed by atoms with E-state index in [0.717, 1.165) is 33.0 Å². The highest BCUT2D eigenvalue weighted by Crippen LogP contribution is 2.40. The number of rotatable bonds is 12. The van der Waals surface area contributed by atoms with Crippen LogP contribution in [0.25, 0.3) is 5.00 Å². The molecule has 3 N–H and O–H groups in total. The average Bonchev–Trinajstić information content (AvgIpc) is 3.76. The van der Waals surface area contributed by atoms with Gasteiger partial charge in [0.1, 0.15) is 22.9 Å². The molecule has 5 amide bonds. The Bertz CT molecular complexity index is 2280. The van der Waals surface area contributed by atoms with Crippen LogP contribution in [0.2, 0.25) is 5.02 Å². The topological polar surface area (TPSA) is 194 Å². The van der Waals surface area contributed by atoms with E-state index in [1.165, 1.54) is 18.4 Å². The van der Waals surface area contributed by atoms with Crippen LogP contribution in [0.15, 0.2) is 47.5 Å². The van der Waals surface area contributed by atoms with Crippen LogP contribution < -0.4 is 16.0 Å². The van der Waals surface area contributed by atoms with E-state index < -0.39 is 41.7 Å². The summed E-state index contributed by atoms with van der Waals surface area (Å²) in [6, 6.07) is 10.5. The Hall–Kier alpha value is -5.74. The molecule has 0 bridgehead atoms. The minimum absolute atomic E-state index is 0.0446. The molecular weight excluding hydrogens is 748 g/mol. The summed E-state index contributed by atoms with van der Waals surface area (Å²) < 4.78 is 6.82. The predicted octanol–water partition coefficient (Wildman–Crippen LogP) is 4.47. The van der Waals surface area contributed by atoms with Crippen LogP contribution in [0.5, 0.6) is 0 Å². The number of benzene rings is 2. The van der Waals surface area contributed by atoms with Gasteiger partial charge in [-0.2, -0.15) is 0 Å². The number of hydrogen-bond acceptors (Lipinski definition) is 12. The molecule has 1 unspecified atom stereocenters. The summed E-state index contributed by atoms with van der Waals surface area (Å²) in [6.07, 6.45) is 2.26. The third kappa shape index (κ3) is 7.14. The second-order valence-electron chi connectivity index (χ2n) is 13.4. The van der Waals surface area contributed by atoms with Crippen LogP contribution in [0.4, 0.5) is 5.69 Å². The molecule has 2 aromatic carbocycles. The standard InChI is InChI=1S/C38H37ClN8O7S/c1-19-29-31(21-10-12-22(39)13-11-21)42-25(18-28(49)54-3)33-45-44-20(2)46(33)38(29)55-32(19)35(51)41-17-6-4-5-16-40-24-9-7-8-23-30(24)37(53)47(36(23)52)26-14-15-27(48)43-34(26)50/h7-13,25-26,40H,4-6,14-18H2,1-3H3,(H,41,51)(H,43,48,50)/t25-,26?/m0/s1. The number of thiophene rings is 1. The number of aryl methyl sites for hydroxylation is 1. The van der Waals surface area contributed by atoms with Crippen LogP contribution in [-0.2, 0) is 19.1 Å². The van der Waals surface area contributed by atoms with Crippen molar-refractivity contribution in [1.82, 2.24) is 30.3 Å². The van der Waals surface area contributed by atoms with E-state index in [0.29, 0.717) is 58.9 Å². The van der Waals surface area contributed by atoms with Crippen molar-refractivity contribution in [1.29, 1.82) is 0 Å². The van der Waals surface area contributed by atoms with Gasteiger partial charge in [0.05, 0.1) is 35.2 Å². The Balaban J connectivity index is 0.998. The zero-order valence-corrected chi connectivity index (χ0v) is 31.8. The Labute approximate surface area is 324 Å². The molecule has 2 atom stereocenters. The summed E-state index contributed by atoms with van der Waals surface area (Å²) >= 11 is 7.52. The first-order valence-corrected chi connectivity index (χ1v) is 19.0. The lowest BCUT2D eigenvalue weighted by atomic mass is 9.99. The van der Waals surface area contributed by atoms with Gasteiger partial charge in [-0.3, -0.25) is 48.5 Å². The fraction of sp³-hybridized carbons (Fsp3) is 0.342. The maximum Gasteiger partial charge on any atom is 0.308 e. The third-order valence-electron chi connectivity index (χ3n) is 9.84. The fourth-order valence-corrected chi connectivity index (χ4v) is 8.48. The highest BCUT2D eigenvalue weighted by molar-refractivity contribution is 7.17. The Morgan fingerprint density at radius 2 is 1.75 bits per heavy atom. The number of halogens is 1. The molecular formula is C38H37ClN8O7S. The van der Waals surface area contributed by atoms with Crippen molar-refractivity contribution in [3.63, 3.8) is 0 Å². The number of ether oxygens (including phenoxy) is 1. The first kappa shape index (κ1) is 37.6. The first-order chi connectivity index (χ1) is 26.5. The van der Waals surface area contributed by atoms with Crippen LogP contribution in [-0.4, -0.2) is 87.1 Å². The van der Waals surface area contributed by atoms with Crippen molar-refractivity contribution < 1.29 is 33.5 Å². The van der Waals surface area contributed by atoms with Gasteiger partial charge in [0, 0.05) is 41.3 Å². The average molecular weight is 785 g/mol. The largest absolute Gasteiger partial charge is 0.469 e. The van der Waals surface area contributed by atoms with Gasteiger partial charge in [-0.05, 0) is 69.4 Å². The Morgan fingerprint density at radius 1 is 0.982 bits per heavy atom. The van der Waals surface area contributed by atoms with Gasteiger partial charge in [0.25, 0.3) is 17.7 Å². The van der Waals surface area contributed by atoms with Crippen molar-refractivity contribution in [3.05, 3.63) is 91.8 Å². The second kappa shape index (κ2) is 15.5. The summed E-state index contributed by atoms with van der Waals surface area (Å²) in [6.45, 7) is 4.62. The minimum atomic E-state index is -1.03. The van der Waals surface area contributed by atoms with Gasteiger partial charge in [-0.15, -0.1) is 21.5 Å². The molecule has 15 nitrogen and oxygen atoms in total. The molecule has 4 aromatic rings. The van der Waals surface area contributed by atoms with Gasteiger partial charge < -0.3 is 15.4 Å². The molecule has 55 heavy (non-hydrogen) atoms. The molecule has 3 aliphatic heterocycles. The molecule has 284 valence electrons. The van der Waals surface area contributed by atoms with Crippen molar-refractivity contribution in [2.24, 2.45) is 4.99 Å². The van der Waals surface area contributed by atoms with Gasteiger partial charge >= 0.3 is 5.97 Å². The zero-order valence-electron chi connectivity index (χ0n) is 30.2. The number of fused-ring (bicyclic) bond motifs is 4. The number of carbonyl (C=O) groups is 6.